The molecule has 1 atom stereocenters. The van der Waals surface area contributed by atoms with Crippen LogP contribution in [0.15, 0.2) is 0 Å². The Labute approximate surface area is 99.6 Å². The Bertz CT molecular complexity index is 442. The molecular weight excluding hydrogens is 222 g/mol. The summed E-state index contributed by atoms with van der Waals surface area (Å²) in [7, 11) is 3.83. The molecule has 2 heterocycles. The predicted octanol–water partition coefficient (Wildman–Crippen LogP) is 0.753. The van der Waals surface area contributed by atoms with Crippen LogP contribution in [0.25, 0.3) is 0 Å². The van der Waals surface area contributed by atoms with Crippen molar-refractivity contribution in [1.29, 1.82) is 0 Å². The fraction of sp³-hybridized carbons (Fsp3) is 0.700. The maximum atomic E-state index is 10.9. The van der Waals surface area contributed by atoms with Gasteiger partial charge in [0.1, 0.15) is 0 Å². The van der Waals surface area contributed by atoms with Crippen molar-refractivity contribution < 1.29 is 4.92 Å². The molecule has 0 aliphatic carbocycles. The van der Waals surface area contributed by atoms with Crippen molar-refractivity contribution in [3.05, 3.63) is 15.9 Å². The molecule has 1 aliphatic rings. The average molecular weight is 239 g/mol. The minimum Gasteiger partial charge on any atom is -0.360 e. The number of nitrogens with zero attached hydrogens (tertiary/aromatic N) is 4. The number of likely N-dealkylation sites (N-methyl/N-ethyl adjacent to an activating group) is 1. The lowest BCUT2D eigenvalue weighted by Crippen LogP contribution is -2.25. The maximum Gasteiger partial charge on any atom is 0.406 e. The number of likely N-dealkylation sites (tertiary alicyclic amines) is 1. The molecule has 1 saturated heterocycles. The minimum atomic E-state index is -0.437. The quantitative estimate of drug-likeness (QED) is 0.622. The van der Waals surface area contributed by atoms with E-state index in [1.54, 1.807) is 18.5 Å². The zero-order valence-electron chi connectivity index (χ0n) is 10.3. The second-order valence-corrected chi connectivity index (χ2v) is 4.54. The summed E-state index contributed by atoms with van der Waals surface area (Å²) >= 11 is 0. The largest absolute Gasteiger partial charge is 0.406 e. The first-order chi connectivity index (χ1) is 7.99. The molecule has 2 rings (SSSR count). The van der Waals surface area contributed by atoms with E-state index in [4.69, 9.17) is 0 Å². The summed E-state index contributed by atoms with van der Waals surface area (Å²) in [6.07, 6.45) is 0.998. The summed E-state index contributed by atoms with van der Waals surface area (Å²) in [6, 6.07) is 0.258. The van der Waals surface area contributed by atoms with Crippen LogP contribution in [0, 0.1) is 17.0 Å². The van der Waals surface area contributed by atoms with E-state index in [0.717, 1.165) is 19.5 Å². The lowest BCUT2D eigenvalue weighted by atomic mass is 10.2. The molecule has 0 saturated carbocycles. The summed E-state index contributed by atoms with van der Waals surface area (Å²) in [5.74, 6) is 1.07. The van der Waals surface area contributed by atoms with Crippen molar-refractivity contribution in [2.45, 2.75) is 19.4 Å². The molecule has 0 bridgehead atoms. The topological polar surface area (TPSA) is 76.2 Å². The van der Waals surface area contributed by atoms with Gasteiger partial charge in [-0.3, -0.25) is 4.57 Å². The van der Waals surface area contributed by atoms with Crippen LogP contribution >= 0.6 is 0 Å². The molecule has 1 fully saturated rings. The Morgan fingerprint density at radius 3 is 2.76 bits per heavy atom. The van der Waals surface area contributed by atoms with Crippen LogP contribution < -0.4 is 5.32 Å². The van der Waals surface area contributed by atoms with Gasteiger partial charge in [-0.05, 0) is 29.9 Å². The molecule has 1 N–H and O–H groups in total. The Morgan fingerprint density at radius 2 is 2.24 bits per heavy atom. The second-order valence-electron chi connectivity index (χ2n) is 4.54. The standard InChI is InChI=1S/C10H17N5O2/c1-7-11-10(15(16)17)9(14(7)3)12-8-4-5-13(2)6-8/h8,12H,4-6H2,1-3H3. The lowest BCUT2D eigenvalue weighted by Gasteiger charge is -2.13. The number of hydrogen-bond acceptors (Lipinski definition) is 5. The number of nitrogens with one attached hydrogen (secondary N) is 1. The van der Waals surface area contributed by atoms with Crippen molar-refractivity contribution in [3.8, 4) is 0 Å². The highest BCUT2D eigenvalue weighted by atomic mass is 16.6. The van der Waals surface area contributed by atoms with Gasteiger partial charge in [0.2, 0.25) is 11.6 Å². The number of imidazole rings is 1. The zero-order chi connectivity index (χ0) is 12.6. The van der Waals surface area contributed by atoms with E-state index < -0.39 is 4.92 Å². The molecule has 7 nitrogen and oxygen atoms in total. The third-order valence-corrected chi connectivity index (χ3v) is 3.21. The summed E-state index contributed by atoms with van der Waals surface area (Å²) < 4.78 is 1.73. The van der Waals surface area contributed by atoms with Crippen molar-refractivity contribution in [2.75, 3.05) is 25.5 Å². The highest BCUT2D eigenvalue weighted by Crippen LogP contribution is 2.25. The second kappa shape index (κ2) is 4.33. The highest BCUT2D eigenvalue weighted by Gasteiger charge is 2.27. The van der Waals surface area contributed by atoms with Crippen molar-refractivity contribution >= 4 is 11.6 Å². The van der Waals surface area contributed by atoms with Gasteiger partial charge < -0.3 is 20.3 Å². The predicted molar refractivity (Wildman–Crippen MR) is 64.1 cm³/mol. The summed E-state index contributed by atoms with van der Waals surface area (Å²) in [5, 5.41) is 14.1. The molecular formula is C10H17N5O2. The molecule has 94 valence electrons. The first-order valence-electron chi connectivity index (χ1n) is 5.62. The van der Waals surface area contributed by atoms with E-state index >= 15 is 0 Å². The Balaban J connectivity index is 2.22. The van der Waals surface area contributed by atoms with E-state index in [0.29, 0.717) is 11.6 Å². The maximum absolute atomic E-state index is 10.9. The monoisotopic (exact) mass is 239 g/mol. The van der Waals surface area contributed by atoms with Crippen LogP contribution in [-0.4, -0.2) is 45.6 Å². The Morgan fingerprint density at radius 1 is 1.53 bits per heavy atom. The average Bonchev–Trinajstić information content (AvgIpc) is 2.77. The third-order valence-electron chi connectivity index (χ3n) is 3.21. The third kappa shape index (κ3) is 2.23. The summed E-state index contributed by atoms with van der Waals surface area (Å²) in [4.78, 5) is 16.6. The summed E-state index contributed by atoms with van der Waals surface area (Å²) in [6.45, 7) is 3.68. The van der Waals surface area contributed by atoms with Crippen molar-refractivity contribution in [2.24, 2.45) is 7.05 Å². The first-order valence-corrected chi connectivity index (χ1v) is 5.62. The van der Waals surface area contributed by atoms with Gasteiger partial charge in [0.25, 0.3) is 0 Å². The van der Waals surface area contributed by atoms with E-state index in [9.17, 15) is 10.1 Å². The highest BCUT2D eigenvalue weighted by molar-refractivity contribution is 5.54. The van der Waals surface area contributed by atoms with Gasteiger partial charge in [-0.15, -0.1) is 0 Å². The number of hydrogen-bond donors (Lipinski definition) is 1. The van der Waals surface area contributed by atoms with Crippen molar-refractivity contribution in [3.63, 3.8) is 0 Å². The minimum absolute atomic E-state index is 0.0837. The van der Waals surface area contributed by atoms with Gasteiger partial charge in [0.05, 0.1) is 0 Å². The molecule has 0 amide bonds. The number of anilines is 1. The number of rotatable bonds is 3. The molecule has 1 unspecified atom stereocenters. The molecule has 1 aromatic heterocycles. The molecule has 0 aromatic carbocycles. The lowest BCUT2D eigenvalue weighted by molar-refractivity contribution is -0.388. The van der Waals surface area contributed by atoms with Gasteiger partial charge in [0, 0.05) is 26.6 Å². The Hall–Kier alpha value is -1.63. The fourth-order valence-electron chi connectivity index (χ4n) is 2.13. The smallest absolute Gasteiger partial charge is 0.360 e. The summed E-state index contributed by atoms with van der Waals surface area (Å²) in [5.41, 5.74) is 0. The van der Waals surface area contributed by atoms with Crippen LogP contribution in [-0.2, 0) is 7.05 Å². The van der Waals surface area contributed by atoms with Crippen LogP contribution in [0.3, 0.4) is 0 Å². The number of aromatic nitrogens is 2. The van der Waals surface area contributed by atoms with Gasteiger partial charge >= 0.3 is 5.82 Å². The van der Waals surface area contributed by atoms with E-state index in [1.165, 1.54) is 0 Å². The molecule has 0 spiro atoms. The molecule has 7 heteroatoms. The van der Waals surface area contributed by atoms with Crippen LogP contribution in [0.1, 0.15) is 12.2 Å². The van der Waals surface area contributed by atoms with Gasteiger partial charge in [-0.1, -0.05) is 0 Å². The molecule has 0 radical (unpaired) electrons. The zero-order valence-corrected chi connectivity index (χ0v) is 10.3. The van der Waals surface area contributed by atoms with Crippen LogP contribution in [0.4, 0.5) is 11.6 Å². The fourth-order valence-corrected chi connectivity index (χ4v) is 2.13. The number of nitro groups is 1. The normalized spacial score (nSPS) is 20.8. The van der Waals surface area contributed by atoms with Gasteiger partial charge in [-0.2, -0.15) is 0 Å². The van der Waals surface area contributed by atoms with E-state index in [-0.39, 0.29) is 11.9 Å². The van der Waals surface area contributed by atoms with Gasteiger partial charge in [0.15, 0.2) is 0 Å². The van der Waals surface area contributed by atoms with Crippen molar-refractivity contribution in [1.82, 2.24) is 14.5 Å². The molecule has 17 heavy (non-hydrogen) atoms. The Kier molecular flexibility index (Phi) is 3.01. The number of aryl methyl sites for hydroxylation is 1. The van der Waals surface area contributed by atoms with E-state index in [2.05, 4.69) is 15.2 Å². The SMILES string of the molecule is Cc1nc([N+](=O)[O-])c(NC2CCN(C)C2)n1C. The molecule has 1 aliphatic heterocycles. The van der Waals surface area contributed by atoms with E-state index in [1.807, 2.05) is 7.05 Å². The van der Waals surface area contributed by atoms with Crippen LogP contribution in [0.2, 0.25) is 0 Å². The first kappa shape index (κ1) is 11.8. The van der Waals surface area contributed by atoms with Crippen LogP contribution in [0.5, 0.6) is 0 Å². The van der Waals surface area contributed by atoms with Gasteiger partial charge in [-0.25, -0.2) is 0 Å². The molecule has 1 aromatic rings.